The number of fused-ring (bicyclic) bond motifs is 2. The minimum absolute atomic E-state index is 0. The van der Waals surface area contributed by atoms with Gasteiger partial charge in [0.25, 0.3) is 0 Å². The van der Waals surface area contributed by atoms with E-state index < -0.39 is 29.3 Å². The summed E-state index contributed by atoms with van der Waals surface area (Å²) >= 11 is 0. The molecular formula is C48H60ClF6N13O3. The summed E-state index contributed by atoms with van der Waals surface area (Å²) in [6.45, 7) is 11.9. The lowest BCUT2D eigenvalue weighted by atomic mass is 9.93. The average molecular weight is 1020 g/mol. The number of benzene rings is 2. The summed E-state index contributed by atoms with van der Waals surface area (Å²) in [6.07, 6.45) is 1.52. The Kier molecular flexibility index (Phi) is 18.6. The highest BCUT2D eigenvalue weighted by Crippen LogP contribution is 2.37. The molecule has 16 nitrogen and oxygen atoms in total. The van der Waals surface area contributed by atoms with Gasteiger partial charge in [0.2, 0.25) is 11.7 Å². The maximum Gasteiger partial charge on any atom is 0.416 e. The monoisotopic (exact) mass is 1020 g/mol. The zero-order valence-electron chi connectivity index (χ0n) is 41.1. The number of ketones is 1. The van der Waals surface area contributed by atoms with Crippen LogP contribution in [0.15, 0.2) is 107 Å². The van der Waals surface area contributed by atoms with Crippen molar-refractivity contribution < 1.29 is 57.4 Å². The minimum atomic E-state index is -4.48. The third-order valence-electron chi connectivity index (χ3n) is 10.1. The van der Waals surface area contributed by atoms with Crippen LogP contribution in [0.3, 0.4) is 0 Å². The first kappa shape index (κ1) is 56.7. The van der Waals surface area contributed by atoms with Crippen molar-refractivity contribution in [2.75, 3.05) is 73.8 Å². The molecule has 23 heteroatoms. The molecule has 0 atom stereocenters. The third kappa shape index (κ3) is 15.8. The van der Waals surface area contributed by atoms with Gasteiger partial charge in [0.1, 0.15) is 35.3 Å². The largest absolute Gasteiger partial charge is 1.00 e. The number of halogens is 7. The fraction of sp³-hybridized carbons (Fsp3) is 0.375. The van der Waals surface area contributed by atoms with Crippen LogP contribution >= 0.6 is 0 Å². The normalized spacial score (nSPS) is 12.1. The molecule has 0 saturated heterocycles. The van der Waals surface area contributed by atoms with E-state index >= 15 is 0 Å². The van der Waals surface area contributed by atoms with Gasteiger partial charge in [0.15, 0.2) is 0 Å². The number of oxazole rings is 2. The van der Waals surface area contributed by atoms with E-state index in [-0.39, 0.29) is 51.9 Å². The Morgan fingerprint density at radius 1 is 0.746 bits per heavy atom. The number of anilines is 1. The van der Waals surface area contributed by atoms with E-state index in [0.717, 1.165) is 43.9 Å². The molecule has 2 aromatic carbocycles. The molecule has 7 aromatic rings. The predicted octanol–water partition coefficient (Wildman–Crippen LogP) is 3.87. The predicted molar refractivity (Wildman–Crippen MR) is 256 cm³/mol. The molecule has 5 aromatic heterocycles. The number of aromatic nitrogens is 6. The Labute approximate surface area is 413 Å². The van der Waals surface area contributed by atoms with Crippen molar-refractivity contribution in [2.45, 2.75) is 40.0 Å². The molecule has 0 spiro atoms. The van der Waals surface area contributed by atoms with Crippen molar-refractivity contribution in [3.8, 4) is 33.9 Å². The molecule has 0 bridgehead atoms. The summed E-state index contributed by atoms with van der Waals surface area (Å²) in [5.74, 6) is 0.719. The lowest BCUT2D eigenvalue weighted by molar-refractivity contribution is -0.476. The van der Waals surface area contributed by atoms with Crippen LogP contribution < -0.4 is 34.2 Å². The lowest BCUT2D eigenvalue weighted by Gasteiger charge is -2.28. The quantitative estimate of drug-likeness (QED) is 0.0381. The van der Waals surface area contributed by atoms with Crippen molar-refractivity contribution in [3.63, 3.8) is 0 Å². The smallest absolute Gasteiger partial charge is 0.416 e. The number of allylic oxidation sites excluding steroid dienone is 1. The lowest BCUT2D eigenvalue weighted by Crippen LogP contribution is -3.00. The Hall–Kier alpha value is -6.91. The van der Waals surface area contributed by atoms with Crippen LogP contribution in [0, 0.1) is 10.8 Å². The fourth-order valence-corrected chi connectivity index (χ4v) is 7.49. The van der Waals surface area contributed by atoms with Gasteiger partial charge in [0, 0.05) is 81.1 Å². The first-order valence-corrected chi connectivity index (χ1v) is 21.8. The topological polar surface area (TPSA) is 191 Å². The van der Waals surface area contributed by atoms with Gasteiger partial charge in [-0.2, -0.15) is 36.3 Å². The maximum absolute atomic E-state index is 13.3. The van der Waals surface area contributed by atoms with Crippen molar-refractivity contribution in [3.05, 3.63) is 115 Å². The van der Waals surface area contributed by atoms with Crippen LogP contribution in [-0.4, -0.2) is 124 Å². The molecule has 0 amide bonds. The molecule has 0 aliphatic carbocycles. The molecule has 7 rings (SSSR count). The van der Waals surface area contributed by atoms with E-state index in [4.69, 9.17) is 20.3 Å². The fourth-order valence-electron chi connectivity index (χ4n) is 7.49. The van der Waals surface area contributed by atoms with Gasteiger partial charge in [-0.1, -0.05) is 52.0 Å². The standard InChI is InChI=1S/C23H25F3N6O.C17H14F3N3O2.C8H20N4.ClH/c1-22(2,14-31(3)4)13-28-20-27-9-8-17(29-20)19-18(30-21-32(19)10-11-33-21)15-6-5-7-16(12-15)23(24,25)26;1-22(2)7-6-13(24)15-14(21-16-23(15)8-9-25-16)11-4-3-5-12(10-11)17(18,19)20;1-8(2,6-12(3)4)5-11-7(9)10;/h5-12H,13-14H2,1-4H3,(H,27,28,29);3-10H,1-2H3;5-6H2,1-4H3,(H4,9,10,11);1H. The Bertz CT molecular complexity index is 2910. The van der Waals surface area contributed by atoms with E-state index in [1.165, 1.54) is 47.4 Å². The molecule has 0 radical (unpaired) electrons. The van der Waals surface area contributed by atoms with Crippen molar-refractivity contribution in [2.24, 2.45) is 22.3 Å². The van der Waals surface area contributed by atoms with Gasteiger partial charge >= 0.3 is 30.0 Å². The second-order valence-electron chi connectivity index (χ2n) is 18.8. The number of carbonyl (C=O) groups is 1. The van der Waals surface area contributed by atoms with Crippen molar-refractivity contribution in [1.29, 1.82) is 0 Å². The number of nitrogens with zero attached hydrogens (tertiary/aromatic N) is 9. The average Bonchev–Trinajstić information content (AvgIpc) is 4.06. The van der Waals surface area contributed by atoms with Gasteiger partial charge < -0.3 is 41.3 Å². The molecule has 0 unspecified atom stereocenters. The summed E-state index contributed by atoms with van der Waals surface area (Å²) in [5.41, 5.74) is 11.4. The maximum atomic E-state index is 13.3. The van der Waals surface area contributed by atoms with Gasteiger partial charge in [-0.25, -0.2) is 9.97 Å². The third-order valence-corrected chi connectivity index (χ3v) is 10.1. The minimum Gasteiger partial charge on any atom is -1.00 e. The van der Waals surface area contributed by atoms with E-state index in [2.05, 4.69) is 81.8 Å². The van der Waals surface area contributed by atoms with Crippen LogP contribution in [0.5, 0.6) is 0 Å². The van der Waals surface area contributed by atoms with E-state index in [0.29, 0.717) is 41.1 Å². The summed E-state index contributed by atoms with van der Waals surface area (Å²) in [7, 11) is 11.6. The van der Waals surface area contributed by atoms with Crippen LogP contribution in [0.1, 0.15) is 49.3 Å². The second-order valence-corrected chi connectivity index (χ2v) is 18.8. The van der Waals surface area contributed by atoms with E-state index in [9.17, 15) is 31.1 Å². The van der Waals surface area contributed by atoms with Gasteiger partial charge in [-0.3, -0.25) is 30.1 Å². The van der Waals surface area contributed by atoms with E-state index in [1.807, 2.05) is 14.1 Å². The number of alkyl halides is 6. The Balaban J connectivity index is 0.000000255. The molecule has 5 heterocycles. The summed E-state index contributed by atoms with van der Waals surface area (Å²) in [5, 5.41) is 3.27. The number of rotatable bonds is 15. The Morgan fingerprint density at radius 2 is 1.27 bits per heavy atom. The molecule has 0 aliphatic heterocycles. The molecule has 71 heavy (non-hydrogen) atoms. The Morgan fingerprint density at radius 3 is 1.80 bits per heavy atom. The first-order chi connectivity index (χ1) is 32.6. The summed E-state index contributed by atoms with van der Waals surface area (Å²) in [4.78, 5) is 39.0. The van der Waals surface area contributed by atoms with Crippen molar-refractivity contribution >= 4 is 29.4 Å². The number of nitrogens with one attached hydrogen (secondary N) is 2. The molecular weight excluding hydrogens is 956 g/mol. The van der Waals surface area contributed by atoms with Gasteiger partial charge in [-0.15, -0.1) is 0 Å². The zero-order chi connectivity index (χ0) is 51.8. The number of guanidine groups is 1. The summed E-state index contributed by atoms with van der Waals surface area (Å²) < 4.78 is 92.4. The highest BCUT2D eigenvalue weighted by atomic mass is 35.5. The van der Waals surface area contributed by atoms with Crippen LogP contribution in [0.25, 0.3) is 45.6 Å². The zero-order valence-corrected chi connectivity index (χ0v) is 41.9. The number of hydrogen-bond donors (Lipinski definition) is 4. The number of nitrogens with two attached hydrogens (primary N) is 2. The SMILES string of the molecule is CN(C)C=CC(=O)c1c(-c2cccc(C(F)(F)F)c2)nc2occn12.CN(C)CC(C)(C)CNc1nccc(-c2c(-c3cccc(C(F)(F)F)c3)nc3occn23)n1.CN(C)CC(C)(C)C[NH+]=C(N)N.[Cl-]. The molecule has 0 aliphatic rings. The summed E-state index contributed by atoms with van der Waals surface area (Å²) in [6, 6.07) is 11.5. The number of carbonyl (C=O) groups excluding carboxylic acids is 1. The van der Waals surface area contributed by atoms with Crippen molar-refractivity contribution in [1.82, 2.24) is 43.4 Å². The first-order valence-electron chi connectivity index (χ1n) is 21.8. The van der Waals surface area contributed by atoms with Crippen LogP contribution in [0.4, 0.5) is 32.3 Å². The number of imidazole rings is 2. The van der Waals surface area contributed by atoms with Crippen LogP contribution in [-0.2, 0) is 12.4 Å². The second kappa shape index (κ2) is 23.3. The van der Waals surface area contributed by atoms with Gasteiger partial charge in [0.05, 0.1) is 23.4 Å². The molecule has 0 fully saturated rings. The molecule has 384 valence electrons. The highest BCUT2D eigenvalue weighted by Gasteiger charge is 2.33. The van der Waals surface area contributed by atoms with E-state index in [1.54, 1.807) is 54.1 Å². The number of hydrogen-bond acceptors (Lipinski definition) is 11. The molecule has 0 saturated carbocycles. The van der Waals surface area contributed by atoms with Crippen LogP contribution in [0.2, 0.25) is 0 Å². The van der Waals surface area contributed by atoms with Gasteiger partial charge in [-0.05, 0) is 63.9 Å². The molecule has 6 N–H and O–H groups in total. The highest BCUT2D eigenvalue weighted by molar-refractivity contribution is 6.08.